The predicted molar refractivity (Wildman–Crippen MR) is 83.3 cm³/mol. The summed E-state index contributed by atoms with van der Waals surface area (Å²) in [6.45, 7) is 4.33. The van der Waals surface area contributed by atoms with E-state index in [1.807, 2.05) is 31.3 Å². The Morgan fingerprint density at radius 2 is 2.09 bits per heavy atom. The Morgan fingerprint density at radius 1 is 1.41 bits per heavy atom. The largest absolute Gasteiger partial charge is 0.496 e. The topological polar surface area (TPSA) is 62.9 Å². The smallest absolute Gasteiger partial charge is 0.372 e. The molecule has 0 aliphatic carbocycles. The van der Waals surface area contributed by atoms with Crippen LogP contribution in [0.1, 0.15) is 40.4 Å². The van der Waals surface area contributed by atoms with Gasteiger partial charge in [0.05, 0.1) is 13.7 Å². The first-order valence-electron chi connectivity index (χ1n) is 7.09. The molecule has 22 heavy (non-hydrogen) atoms. The number of methoxy groups -OCH3 is 1. The minimum absolute atomic E-state index is 0.00773. The van der Waals surface area contributed by atoms with Gasteiger partial charge in [0.2, 0.25) is 5.76 Å². The number of nitrogens with zero attached hydrogens (tertiary/aromatic N) is 1. The number of hydrogen-bond acceptors (Lipinski definition) is 4. The number of ether oxygens (including phenoxy) is 1. The minimum atomic E-state index is -1.04. The van der Waals surface area contributed by atoms with E-state index in [4.69, 9.17) is 14.3 Å². The highest BCUT2D eigenvalue weighted by atomic mass is 16.5. The SMILES string of the molecule is COc1ccccc1[C@@H](C)N(C)Cc1cc(C)c(C(=O)O)o1. The van der Waals surface area contributed by atoms with Gasteiger partial charge in [0.1, 0.15) is 11.5 Å². The number of benzene rings is 1. The molecule has 2 rings (SSSR count). The molecule has 5 heteroatoms. The number of para-hydroxylation sites is 1. The molecule has 0 bridgehead atoms. The summed E-state index contributed by atoms with van der Waals surface area (Å²) in [6, 6.07) is 9.74. The number of furan rings is 1. The van der Waals surface area contributed by atoms with Gasteiger partial charge in [-0.25, -0.2) is 4.79 Å². The van der Waals surface area contributed by atoms with Gasteiger partial charge in [0, 0.05) is 17.2 Å². The van der Waals surface area contributed by atoms with Gasteiger partial charge in [0.25, 0.3) is 0 Å². The predicted octanol–water partition coefficient (Wildman–Crippen LogP) is 3.49. The zero-order valence-corrected chi connectivity index (χ0v) is 13.3. The standard InChI is InChI=1S/C17H21NO4/c1-11-9-13(22-16(11)17(19)20)10-18(3)12(2)14-7-5-6-8-15(14)21-4/h5-9,12H,10H2,1-4H3,(H,19,20)/t12-/m1/s1. The zero-order chi connectivity index (χ0) is 16.3. The zero-order valence-electron chi connectivity index (χ0n) is 13.3. The first-order chi connectivity index (χ1) is 10.4. The summed E-state index contributed by atoms with van der Waals surface area (Å²) < 4.78 is 10.8. The van der Waals surface area contributed by atoms with Crippen molar-refractivity contribution in [3.8, 4) is 5.75 Å². The van der Waals surface area contributed by atoms with Gasteiger partial charge in [-0.1, -0.05) is 18.2 Å². The van der Waals surface area contributed by atoms with Gasteiger partial charge in [-0.15, -0.1) is 0 Å². The van der Waals surface area contributed by atoms with Crippen molar-refractivity contribution in [2.24, 2.45) is 0 Å². The van der Waals surface area contributed by atoms with Crippen LogP contribution in [-0.4, -0.2) is 30.1 Å². The summed E-state index contributed by atoms with van der Waals surface area (Å²) in [6.07, 6.45) is 0. The number of carbonyl (C=O) groups is 1. The molecule has 0 aliphatic heterocycles. The lowest BCUT2D eigenvalue weighted by molar-refractivity contribution is 0.0657. The number of aromatic carboxylic acids is 1. The molecule has 1 aromatic heterocycles. The number of aryl methyl sites for hydroxylation is 1. The second kappa shape index (κ2) is 6.66. The number of carboxylic acids is 1. The van der Waals surface area contributed by atoms with Crippen LogP contribution in [0.5, 0.6) is 5.75 Å². The lowest BCUT2D eigenvalue weighted by Crippen LogP contribution is -2.22. The molecule has 0 unspecified atom stereocenters. The van der Waals surface area contributed by atoms with Crippen LogP contribution in [0.2, 0.25) is 0 Å². The van der Waals surface area contributed by atoms with Crippen LogP contribution in [0.4, 0.5) is 0 Å². The second-order valence-electron chi connectivity index (χ2n) is 5.36. The molecule has 0 spiro atoms. The molecule has 0 amide bonds. The van der Waals surface area contributed by atoms with E-state index in [1.54, 1.807) is 20.1 Å². The van der Waals surface area contributed by atoms with Crippen molar-refractivity contribution in [2.75, 3.05) is 14.2 Å². The monoisotopic (exact) mass is 303 g/mol. The molecule has 118 valence electrons. The van der Waals surface area contributed by atoms with E-state index >= 15 is 0 Å². The van der Waals surface area contributed by atoms with Crippen molar-refractivity contribution in [1.82, 2.24) is 4.90 Å². The molecule has 1 aromatic carbocycles. The maximum Gasteiger partial charge on any atom is 0.372 e. The number of hydrogen-bond donors (Lipinski definition) is 1. The van der Waals surface area contributed by atoms with Gasteiger partial charge in [0.15, 0.2) is 0 Å². The van der Waals surface area contributed by atoms with Crippen LogP contribution in [0.15, 0.2) is 34.7 Å². The Bertz CT molecular complexity index is 662. The molecule has 0 saturated carbocycles. The molecular formula is C17H21NO4. The molecule has 1 heterocycles. The molecule has 0 aliphatic rings. The second-order valence-corrected chi connectivity index (χ2v) is 5.36. The summed E-state index contributed by atoms with van der Waals surface area (Å²) in [7, 11) is 3.62. The fourth-order valence-corrected chi connectivity index (χ4v) is 2.47. The van der Waals surface area contributed by atoms with Crippen molar-refractivity contribution < 1.29 is 19.1 Å². The molecule has 0 saturated heterocycles. The molecule has 2 aromatic rings. The summed E-state index contributed by atoms with van der Waals surface area (Å²) in [5.41, 5.74) is 1.72. The van der Waals surface area contributed by atoms with E-state index in [1.165, 1.54) is 0 Å². The van der Waals surface area contributed by atoms with Gasteiger partial charge in [-0.3, -0.25) is 4.90 Å². The Morgan fingerprint density at radius 3 is 2.68 bits per heavy atom. The van der Waals surface area contributed by atoms with Crippen molar-refractivity contribution >= 4 is 5.97 Å². The summed E-state index contributed by atoms with van der Waals surface area (Å²) in [5.74, 6) is 0.445. The summed E-state index contributed by atoms with van der Waals surface area (Å²) in [5, 5.41) is 9.04. The lowest BCUT2D eigenvalue weighted by Gasteiger charge is -2.25. The normalized spacial score (nSPS) is 12.4. The van der Waals surface area contributed by atoms with Crippen LogP contribution in [-0.2, 0) is 6.54 Å². The van der Waals surface area contributed by atoms with Crippen LogP contribution >= 0.6 is 0 Å². The van der Waals surface area contributed by atoms with Gasteiger partial charge < -0.3 is 14.3 Å². The van der Waals surface area contributed by atoms with E-state index in [0.29, 0.717) is 17.9 Å². The summed E-state index contributed by atoms with van der Waals surface area (Å²) >= 11 is 0. The Labute approximate surface area is 130 Å². The van der Waals surface area contributed by atoms with E-state index in [2.05, 4.69) is 11.8 Å². The van der Waals surface area contributed by atoms with Crippen molar-refractivity contribution in [1.29, 1.82) is 0 Å². The Kier molecular flexibility index (Phi) is 4.88. The molecule has 0 radical (unpaired) electrons. The van der Waals surface area contributed by atoms with Crippen LogP contribution < -0.4 is 4.74 Å². The van der Waals surface area contributed by atoms with Gasteiger partial charge in [-0.05, 0) is 33.0 Å². The van der Waals surface area contributed by atoms with E-state index in [0.717, 1.165) is 11.3 Å². The highest BCUT2D eigenvalue weighted by molar-refractivity contribution is 5.86. The number of rotatable bonds is 6. The van der Waals surface area contributed by atoms with E-state index in [9.17, 15) is 4.79 Å². The van der Waals surface area contributed by atoms with Crippen LogP contribution in [0.25, 0.3) is 0 Å². The summed E-state index contributed by atoms with van der Waals surface area (Å²) in [4.78, 5) is 13.1. The molecular weight excluding hydrogens is 282 g/mol. The highest BCUT2D eigenvalue weighted by Crippen LogP contribution is 2.29. The molecule has 5 nitrogen and oxygen atoms in total. The lowest BCUT2D eigenvalue weighted by atomic mass is 10.1. The number of carboxylic acid groups (broad SMARTS) is 1. The average molecular weight is 303 g/mol. The van der Waals surface area contributed by atoms with Crippen molar-refractivity contribution in [3.05, 3.63) is 53.0 Å². The molecule has 1 atom stereocenters. The van der Waals surface area contributed by atoms with Gasteiger partial charge >= 0.3 is 5.97 Å². The fraction of sp³-hybridized carbons (Fsp3) is 0.353. The minimum Gasteiger partial charge on any atom is -0.496 e. The van der Waals surface area contributed by atoms with E-state index in [-0.39, 0.29) is 11.8 Å². The first-order valence-corrected chi connectivity index (χ1v) is 7.09. The van der Waals surface area contributed by atoms with Crippen LogP contribution in [0, 0.1) is 6.92 Å². The van der Waals surface area contributed by atoms with Crippen molar-refractivity contribution in [2.45, 2.75) is 26.4 Å². The third-order valence-electron chi connectivity index (χ3n) is 3.82. The maximum atomic E-state index is 11.0. The first kappa shape index (κ1) is 16.1. The van der Waals surface area contributed by atoms with Gasteiger partial charge in [-0.2, -0.15) is 0 Å². The fourth-order valence-electron chi connectivity index (χ4n) is 2.47. The van der Waals surface area contributed by atoms with E-state index < -0.39 is 5.97 Å². The van der Waals surface area contributed by atoms with Crippen LogP contribution in [0.3, 0.4) is 0 Å². The maximum absolute atomic E-state index is 11.0. The quantitative estimate of drug-likeness (QED) is 0.885. The third-order valence-corrected chi connectivity index (χ3v) is 3.82. The Hall–Kier alpha value is -2.27. The molecule has 1 N–H and O–H groups in total. The average Bonchev–Trinajstić information content (AvgIpc) is 2.87. The molecule has 0 fully saturated rings. The van der Waals surface area contributed by atoms with Crippen molar-refractivity contribution in [3.63, 3.8) is 0 Å². The third kappa shape index (κ3) is 3.31. The highest BCUT2D eigenvalue weighted by Gasteiger charge is 2.19. The Balaban J connectivity index is 2.16.